The third-order valence-electron chi connectivity index (χ3n) is 2.72. The van der Waals surface area contributed by atoms with Crippen LogP contribution in [0.25, 0.3) is 11.1 Å². The lowest BCUT2D eigenvalue weighted by atomic mass is 10.1. The van der Waals surface area contributed by atoms with E-state index in [1.165, 1.54) is 0 Å². The quantitative estimate of drug-likeness (QED) is 0.843. The first-order chi connectivity index (χ1) is 9.79. The van der Waals surface area contributed by atoms with Crippen molar-refractivity contribution in [1.29, 1.82) is 0 Å². The first-order valence-electron chi connectivity index (χ1n) is 6.28. The van der Waals surface area contributed by atoms with Crippen molar-refractivity contribution in [2.24, 2.45) is 0 Å². The second-order valence-electron chi connectivity index (χ2n) is 4.16. The average Bonchev–Trinajstić information content (AvgIpc) is 2.52. The molecule has 0 saturated heterocycles. The molecular formula is C17H15NO2. The van der Waals surface area contributed by atoms with E-state index in [4.69, 9.17) is 11.2 Å². The van der Waals surface area contributed by atoms with Crippen LogP contribution in [0.3, 0.4) is 0 Å². The van der Waals surface area contributed by atoms with Gasteiger partial charge in [-0.25, -0.2) is 0 Å². The molecule has 1 amide bonds. The van der Waals surface area contributed by atoms with Gasteiger partial charge in [-0.3, -0.25) is 4.79 Å². The van der Waals surface area contributed by atoms with Gasteiger partial charge in [0.1, 0.15) is 5.75 Å². The lowest BCUT2D eigenvalue weighted by Gasteiger charge is -2.07. The molecule has 0 bridgehead atoms. The van der Waals surface area contributed by atoms with Crippen molar-refractivity contribution in [1.82, 2.24) is 5.32 Å². The van der Waals surface area contributed by atoms with E-state index in [0.29, 0.717) is 5.75 Å². The van der Waals surface area contributed by atoms with E-state index in [2.05, 4.69) is 11.2 Å². The van der Waals surface area contributed by atoms with Crippen LogP contribution in [-0.4, -0.2) is 19.1 Å². The average molecular weight is 265 g/mol. The van der Waals surface area contributed by atoms with Gasteiger partial charge in [0.15, 0.2) is 6.61 Å². The molecule has 1 N–H and O–H groups in total. The van der Waals surface area contributed by atoms with Crippen molar-refractivity contribution in [2.75, 3.05) is 13.2 Å². The first-order valence-corrected chi connectivity index (χ1v) is 6.28. The molecule has 20 heavy (non-hydrogen) atoms. The molecule has 0 saturated carbocycles. The molecule has 3 nitrogen and oxygen atoms in total. The summed E-state index contributed by atoms with van der Waals surface area (Å²) in [6.07, 6.45) is 5.05. The molecule has 0 heterocycles. The van der Waals surface area contributed by atoms with Gasteiger partial charge in [0.2, 0.25) is 0 Å². The normalized spacial score (nSPS) is 9.55. The molecule has 0 aliphatic heterocycles. The molecular weight excluding hydrogens is 250 g/mol. The minimum Gasteiger partial charge on any atom is -0.484 e. The summed E-state index contributed by atoms with van der Waals surface area (Å²) in [5.74, 6) is 2.76. The van der Waals surface area contributed by atoms with Gasteiger partial charge in [-0.1, -0.05) is 48.4 Å². The summed E-state index contributed by atoms with van der Waals surface area (Å²) >= 11 is 0. The Kier molecular flexibility index (Phi) is 4.80. The molecule has 2 aromatic carbocycles. The number of terminal acetylenes is 1. The molecule has 0 radical (unpaired) electrons. The first kappa shape index (κ1) is 13.7. The number of benzene rings is 2. The van der Waals surface area contributed by atoms with Gasteiger partial charge in [-0.15, -0.1) is 6.42 Å². The summed E-state index contributed by atoms with van der Waals surface area (Å²) in [7, 11) is 0. The molecule has 100 valence electrons. The van der Waals surface area contributed by atoms with Crippen LogP contribution in [0.15, 0.2) is 54.6 Å². The Morgan fingerprint density at radius 3 is 2.35 bits per heavy atom. The van der Waals surface area contributed by atoms with Gasteiger partial charge in [-0.05, 0) is 23.3 Å². The van der Waals surface area contributed by atoms with E-state index in [-0.39, 0.29) is 19.1 Å². The highest BCUT2D eigenvalue weighted by Crippen LogP contribution is 2.21. The zero-order valence-corrected chi connectivity index (χ0v) is 11.0. The van der Waals surface area contributed by atoms with Crippen LogP contribution in [0.5, 0.6) is 5.75 Å². The van der Waals surface area contributed by atoms with Crippen LogP contribution in [0.4, 0.5) is 0 Å². The standard InChI is InChI=1S/C17H15NO2/c1-2-12-18-17(19)13-20-16-10-8-15(9-11-16)14-6-4-3-5-7-14/h1,3-11H,12-13H2,(H,18,19). The highest BCUT2D eigenvalue weighted by Gasteiger charge is 2.02. The number of carbonyl (C=O) groups is 1. The number of carbonyl (C=O) groups excluding carboxylic acids is 1. The summed E-state index contributed by atoms with van der Waals surface area (Å²) in [5.41, 5.74) is 2.25. The van der Waals surface area contributed by atoms with E-state index in [9.17, 15) is 4.79 Å². The second-order valence-corrected chi connectivity index (χ2v) is 4.16. The van der Waals surface area contributed by atoms with Crippen molar-refractivity contribution >= 4 is 5.91 Å². The van der Waals surface area contributed by atoms with Gasteiger partial charge >= 0.3 is 0 Å². The van der Waals surface area contributed by atoms with Gasteiger partial charge in [0.25, 0.3) is 5.91 Å². The number of rotatable bonds is 5. The Balaban J connectivity index is 1.92. The van der Waals surface area contributed by atoms with E-state index in [1.54, 1.807) is 0 Å². The zero-order chi connectivity index (χ0) is 14.2. The predicted octanol–water partition coefficient (Wildman–Crippen LogP) is 2.48. The number of hydrogen-bond donors (Lipinski definition) is 1. The molecule has 2 rings (SSSR count). The lowest BCUT2D eigenvalue weighted by Crippen LogP contribution is -2.28. The number of hydrogen-bond acceptors (Lipinski definition) is 2. The maximum atomic E-state index is 11.3. The third-order valence-corrected chi connectivity index (χ3v) is 2.72. The highest BCUT2D eigenvalue weighted by atomic mass is 16.5. The van der Waals surface area contributed by atoms with Crippen LogP contribution in [0.2, 0.25) is 0 Å². The van der Waals surface area contributed by atoms with Crippen molar-refractivity contribution in [3.63, 3.8) is 0 Å². The van der Waals surface area contributed by atoms with Crippen molar-refractivity contribution < 1.29 is 9.53 Å². The van der Waals surface area contributed by atoms with Crippen LogP contribution >= 0.6 is 0 Å². The molecule has 0 aliphatic rings. The third kappa shape index (κ3) is 3.89. The Bertz CT molecular complexity index is 597. The van der Waals surface area contributed by atoms with Crippen LogP contribution in [0, 0.1) is 12.3 Å². The molecule has 0 fully saturated rings. The lowest BCUT2D eigenvalue weighted by molar-refractivity contribution is -0.122. The molecule has 0 aliphatic carbocycles. The fourth-order valence-corrected chi connectivity index (χ4v) is 1.72. The van der Waals surface area contributed by atoms with Crippen LogP contribution in [0.1, 0.15) is 0 Å². The largest absolute Gasteiger partial charge is 0.484 e. The fourth-order valence-electron chi connectivity index (χ4n) is 1.72. The molecule has 0 aromatic heterocycles. The minimum atomic E-state index is -0.227. The molecule has 0 spiro atoms. The number of nitrogens with one attached hydrogen (secondary N) is 1. The minimum absolute atomic E-state index is 0.0354. The Hall–Kier alpha value is -2.73. The van der Waals surface area contributed by atoms with Gasteiger partial charge in [0.05, 0.1) is 6.54 Å². The highest BCUT2D eigenvalue weighted by molar-refractivity contribution is 5.77. The maximum absolute atomic E-state index is 11.3. The number of amides is 1. The SMILES string of the molecule is C#CCNC(=O)COc1ccc(-c2ccccc2)cc1. The summed E-state index contributed by atoms with van der Waals surface area (Å²) < 4.78 is 5.38. The Labute approximate surface area is 118 Å². The van der Waals surface area contributed by atoms with Gasteiger partial charge in [0, 0.05) is 0 Å². The second kappa shape index (κ2) is 7.01. The zero-order valence-electron chi connectivity index (χ0n) is 11.0. The van der Waals surface area contributed by atoms with E-state index in [0.717, 1.165) is 11.1 Å². The summed E-state index contributed by atoms with van der Waals surface area (Å²) in [4.78, 5) is 11.3. The van der Waals surface area contributed by atoms with Gasteiger partial charge in [-0.2, -0.15) is 0 Å². The van der Waals surface area contributed by atoms with Gasteiger partial charge < -0.3 is 10.1 Å². The molecule has 0 atom stereocenters. The predicted molar refractivity (Wildman–Crippen MR) is 79.2 cm³/mol. The van der Waals surface area contributed by atoms with E-state index >= 15 is 0 Å². The Morgan fingerprint density at radius 1 is 1.05 bits per heavy atom. The molecule has 2 aromatic rings. The topological polar surface area (TPSA) is 38.3 Å². The number of ether oxygens (including phenoxy) is 1. The van der Waals surface area contributed by atoms with Crippen LogP contribution in [-0.2, 0) is 4.79 Å². The smallest absolute Gasteiger partial charge is 0.258 e. The summed E-state index contributed by atoms with van der Waals surface area (Å²) in [5, 5.41) is 2.54. The maximum Gasteiger partial charge on any atom is 0.258 e. The summed E-state index contributed by atoms with van der Waals surface area (Å²) in [6, 6.07) is 17.7. The van der Waals surface area contributed by atoms with E-state index in [1.807, 2.05) is 54.6 Å². The monoisotopic (exact) mass is 265 g/mol. The van der Waals surface area contributed by atoms with Crippen molar-refractivity contribution in [2.45, 2.75) is 0 Å². The molecule has 0 unspecified atom stereocenters. The summed E-state index contributed by atoms with van der Waals surface area (Å²) in [6.45, 7) is 0.182. The van der Waals surface area contributed by atoms with Crippen LogP contribution < -0.4 is 10.1 Å². The Morgan fingerprint density at radius 2 is 1.70 bits per heavy atom. The van der Waals surface area contributed by atoms with Crippen molar-refractivity contribution in [3.05, 3.63) is 54.6 Å². The van der Waals surface area contributed by atoms with E-state index < -0.39 is 0 Å². The molecule has 3 heteroatoms. The fraction of sp³-hybridized carbons (Fsp3) is 0.118. The van der Waals surface area contributed by atoms with Crippen molar-refractivity contribution in [3.8, 4) is 29.2 Å².